The third-order valence-electron chi connectivity index (χ3n) is 3.40. The largest absolute Gasteiger partial charge is 0.740 e. The Bertz CT molecular complexity index is 418. The van der Waals surface area contributed by atoms with Gasteiger partial charge in [0.1, 0.15) is 17.1 Å². The summed E-state index contributed by atoms with van der Waals surface area (Å²) in [4.78, 5) is 0. The molecule has 0 saturated carbocycles. The Morgan fingerprint density at radius 1 is 1.05 bits per heavy atom. The average Bonchev–Trinajstić information content (AvgIpc) is 2.41. The Labute approximate surface area is 125 Å². The predicted molar refractivity (Wildman–Crippen MR) is 82.4 cm³/mol. The molecule has 0 N–H and O–H groups in total. The van der Waals surface area contributed by atoms with Crippen LogP contribution >= 0.6 is 0 Å². The van der Waals surface area contributed by atoms with E-state index in [1.807, 2.05) is 6.07 Å². The summed E-state index contributed by atoms with van der Waals surface area (Å²) in [5.74, 6) is 0.480. The molecule has 0 spiro atoms. The third kappa shape index (κ3) is 6.53. The van der Waals surface area contributed by atoms with Crippen molar-refractivity contribution in [3.8, 4) is 5.75 Å². The van der Waals surface area contributed by atoms with Gasteiger partial charge in [-0.3, -0.25) is 0 Å². The number of rotatable bonds is 10. The van der Waals surface area contributed by atoms with Crippen molar-refractivity contribution >= 4 is 11.4 Å². The van der Waals surface area contributed by atoms with Gasteiger partial charge in [-0.1, -0.05) is 51.7 Å². The standard InChI is InChI=1S/C16H26O3S/c1-3-5-7-9-14-11-12-16(19-20(17)18)15(13-14)10-8-6-4-2/h11-13H,3-10H2,1-2H3,(H,17,18)/p-1. The minimum absolute atomic E-state index is 0.480. The van der Waals surface area contributed by atoms with Crippen LogP contribution in [-0.4, -0.2) is 8.76 Å². The van der Waals surface area contributed by atoms with Crippen LogP contribution in [0.2, 0.25) is 0 Å². The van der Waals surface area contributed by atoms with Crippen molar-refractivity contribution in [2.24, 2.45) is 0 Å². The summed E-state index contributed by atoms with van der Waals surface area (Å²) in [5.41, 5.74) is 2.28. The molecule has 1 aromatic carbocycles. The molecule has 0 radical (unpaired) electrons. The zero-order chi connectivity index (χ0) is 14.8. The highest BCUT2D eigenvalue weighted by atomic mass is 32.2. The van der Waals surface area contributed by atoms with Gasteiger partial charge >= 0.3 is 0 Å². The maximum Gasteiger partial charge on any atom is 0.142 e. The van der Waals surface area contributed by atoms with Crippen LogP contribution < -0.4 is 4.18 Å². The van der Waals surface area contributed by atoms with Crippen LogP contribution in [0.3, 0.4) is 0 Å². The van der Waals surface area contributed by atoms with Crippen molar-refractivity contribution < 1.29 is 12.9 Å². The summed E-state index contributed by atoms with van der Waals surface area (Å²) in [6.45, 7) is 4.35. The molecule has 0 saturated heterocycles. The van der Waals surface area contributed by atoms with Crippen molar-refractivity contribution in [1.82, 2.24) is 0 Å². The van der Waals surface area contributed by atoms with Gasteiger partial charge in [-0.15, -0.1) is 0 Å². The molecular weight excluding hydrogens is 272 g/mol. The van der Waals surface area contributed by atoms with Gasteiger partial charge in [-0.25, -0.2) is 4.21 Å². The second kappa shape index (κ2) is 9.94. The van der Waals surface area contributed by atoms with Crippen LogP contribution in [0.1, 0.15) is 63.5 Å². The smallest absolute Gasteiger partial charge is 0.142 e. The normalized spacial score (nSPS) is 12.3. The molecule has 0 fully saturated rings. The van der Waals surface area contributed by atoms with Gasteiger partial charge in [0.25, 0.3) is 0 Å². The molecule has 0 aliphatic carbocycles. The molecule has 114 valence electrons. The fourth-order valence-corrected chi connectivity index (χ4v) is 2.59. The Morgan fingerprint density at radius 2 is 1.70 bits per heavy atom. The van der Waals surface area contributed by atoms with Crippen molar-refractivity contribution in [3.05, 3.63) is 29.3 Å². The predicted octanol–water partition coefficient (Wildman–Crippen LogP) is 4.32. The first-order valence-corrected chi connectivity index (χ1v) is 8.56. The van der Waals surface area contributed by atoms with Crippen LogP contribution in [-0.2, 0) is 24.2 Å². The number of hydrogen-bond acceptors (Lipinski definition) is 3. The number of hydrogen-bond donors (Lipinski definition) is 0. The van der Waals surface area contributed by atoms with E-state index in [0.717, 1.165) is 37.7 Å². The molecule has 20 heavy (non-hydrogen) atoms. The molecule has 0 aromatic heterocycles. The molecule has 1 aromatic rings. The molecule has 1 rings (SSSR count). The van der Waals surface area contributed by atoms with E-state index in [1.165, 1.54) is 24.8 Å². The Hall–Kier alpha value is -0.870. The number of aryl methyl sites for hydroxylation is 2. The van der Waals surface area contributed by atoms with E-state index in [4.69, 9.17) is 4.18 Å². The Morgan fingerprint density at radius 3 is 2.30 bits per heavy atom. The molecule has 1 unspecified atom stereocenters. The van der Waals surface area contributed by atoms with E-state index < -0.39 is 11.4 Å². The first-order valence-electron chi connectivity index (χ1n) is 7.56. The van der Waals surface area contributed by atoms with Crippen LogP contribution in [0, 0.1) is 0 Å². The van der Waals surface area contributed by atoms with Gasteiger partial charge in [0.2, 0.25) is 0 Å². The molecule has 4 heteroatoms. The van der Waals surface area contributed by atoms with E-state index in [9.17, 15) is 8.76 Å². The molecular formula is C16H25O3S-. The lowest BCUT2D eigenvalue weighted by atomic mass is 10.0. The molecule has 1 atom stereocenters. The fraction of sp³-hybridized carbons (Fsp3) is 0.625. The van der Waals surface area contributed by atoms with E-state index in [1.54, 1.807) is 6.07 Å². The molecule has 0 aliphatic heterocycles. The summed E-state index contributed by atoms with van der Waals surface area (Å²) >= 11 is -2.50. The first kappa shape index (κ1) is 17.2. The van der Waals surface area contributed by atoms with Crippen LogP contribution in [0.4, 0.5) is 0 Å². The van der Waals surface area contributed by atoms with E-state index >= 15 is 0 Å². The highest BCUT2D eigenvalue weighted by molar-refractivity contribution is 7.74. The summed E-state index contributed by atoms with van der Waals surface area (Å²) in [7, 11) is 0. The Balaban J connectivity index is 2.75. The average molecular weight is 297 g/mol. The number of benzene rings is 1. The quantitative estimate of drug-likeness (QED) is 0.477. The second-order valence-corrected chi connectivity index (χ2v) is 5.72. The van der Waals surface area contributed by atoms with Gasteiger partial charge in [0, 0.05) is 0 Å². The highest BCUT2D eigenvalue weighted by Crippen LogP contribution is 2.24. The SMILES string of the molecule is CCCCCc1ccc(OS(=O)[O-])c(CCCCC)c1. The fourth-order valence-electron chi connectivity index (χ4n) is 2.28. The molecule has 3 nitrogen and oxygen atoms in total. The van der Waals surface area contributed by atoms with Crippen LogP contribution in [0.15, 0.2) is 18.2 Å². The van der Waals surface area contributed by atoms with Gasteiger partial charge < -0.3 is 8.74 Å². The van der Waals surface area contributed by atoms with Crippen molar-refractivity contribution in [3.63, 3.8) is 0 Å². The summed E-state index contributed by atoms with van der Waals surface area (Å²) < 4.78 is 26.3. The minimum atomic E-state index is -2.50. The zero-order valence-corrected chi connectivity index (χ0v) is 13.3. The van der Waals surface area contributed by atoms with Gasteiger partial charge in [0.05, 0.1) is 0 Å². The lowest BCUT2D eigenvalue weighted by Crippen LogP contribution is -2.02. The molecule has 0 aliphatic rings. The maximum atomic E-state index is 10.7. The molecule has 0 heterocycles. The van der Waals surface area contributed by atoms with Crippen molar-refractivity contribution in [2.45, 2.75) is 65.2 Å². The second-order valence-electron chi connectivity index (χ2n) is 5.14. The van der Waals surface area contributed by atoms with E-state index in [2.05, 4.69) is 19.9 Å². The third-order valence-corrected chi connectivity index (χ3v) is 3.72. The van der Waals surface area contributed by atoms with Gasteiger partial charge in [0.15, 0.2) is 0 Å². The maximum absolute atomic E-state index is 10.7. The topological polar surface area (TPSA) is 49.4 Å². The summed E-state index contributed by atoms with van der Waals surface area (Å²) in [6.07, 6.45) is 8.92. The molecule has 0 amide bonds. The summed E-state index contributed by atoms with van der Waals surface area (Å²) in [5, 5.41) is 0. The highest BCUT2D eigenvalue weighted by Gasteiger charge is 2.06. The summed E-state index contributed by atoms with van der Waals surface area (Å²) in [6, 6.07) is 5.87. The monoisotopic (exact) mass is 297 g/mol. The van der Waals surface area contributed by atoms with Crippen molar-refractivity contribution in [2.75, 3.05) is 0 Å². The van der Waals surface area contributed by atoms with E-state index in [-0.39, 0.29) is 0 Å². The van der Waals surface area contributed by atoms with Crippen molar-refractivity contribution in [1.29, 1.82) is 0 Å². The lowest BCUT2D eigenvalue weighted by Gasteiger charge is -2.13. The number of unbranched alkanes of at least 4 members (excludes halogenated alkanes) is 4. The van der Waals surface area contributed by atoms with Crippen LogP contribution in [0.5, 0.6) is 5.75 Å². The first-order chi connectivity index (χ1) is 9.67. The molecule has 0 bridgehead atoms. The van der Waals surface area contributed by atoms with Gasteiger partial charge in [-0.2, -0.15) is 0 Å². The van der Waals surface area contributed by atoms with E-state index in [0.29, 0.717) is 5.75 Å². The van der Waals surface area contributed by atoms with Gasteiger partial charge in [-0.05, 0) is 42.9 Å². The zero-order valence-electron chi connectivity index (χ0n) is 12.5. The minimum Gasteiger partial charge on any atom is -0.740 e. The lowest BCUT2D eigenvalue weighted by molar-refractivity contribution is 0.437. The Kier molecular flexibility index (Phi) is 8.54. The van der Waals surface area contributed by atoms with Crippen LogP contribution in [0.25, 0.3) is 0 Å².